The lowest BCUT2D eigenvalue weighted by atomic mass is 10.1. The highest BCUT2D eigenvalue weighted by Gasteiger charge is 2.15. The molecule has 0 radical (unpaired) electrons. The fourth-order valence-corrected chi connectivity index (χ4v) is 2.45. The van der Waals surface area contributed by atoms with E-state index in [1.54, 1.807) is 10.9 Å². The molecule has 3 N–H and O–H groups in total. The van der Waals surface area contributed by atoms with Crippen LogP contribution in [0.2, 0.25) is 0 Å². The molecule has 0 saturated carbocycles. The maximum absolute atomic E-state index is 12.1. The van der Waals surface area contributed by atoms with Crippen molar-refractivity contribution >= 4 is 21.8 Å². The Balaban J connectivity index is 2.05. The number of halogens is 1. The molecular weight excluding hydrogens is 322 g/mol. The lowest BCUT2D eigenvalue weighted by Gasteiger charge is -2.14. The van der Waals surface area contributed by atoms with Crippen molar-refractivity contribution in [1.29, 1.82) is 0 Å². The summed E-state index contributed by atoms with van der Waals surface area (Å²) in [6.07, 6.45) is 1.59. The van der Waals surface area contributed by atoms with Gasteiger partial charge in [-0.25, -0.2) is 0 Å². The van der Waals surface area contributed by atoms with Crippen LogP contribution >= 0.6 is 15.9 Å². The van der Waals surface area contributed by atoms with Gasteiger partial charge in [-0.05, 0) is 18.6 Å². The van der Waals surface area contributed by atoms with Crippen LogP contribution in [0.3, 0.4) is 0 Å². The molecule has 2 rings (SSSR count). The predicted octanol–water partition coefficient (Wildman–Crippen LogP) is 1.49. The molecule has 1 amide bonds. The molecule has 0 aliphatic rings. The van der Waals surface area contributed by atoms with Gasteiger partial charge in [-0.2, -0.15) is 0 Å². The predicted molar refractivity (Wildman–Crippen MR) is 79.1 cm³/mol. The summed E-state index contributed by atoms with van der Waals surface area (Å²) < 4.78 is 2.51. The first-order valence-corrected chi connectivity index (χ1v) is 7.06. The molecule has 0 fully saturated rings. The first kappa shape index (κ1) is 14.7. The number of amides is 1. The number of hydrogen-bond donors (Lipinski definition) is 2. The van der Waals surface area contributed by atoms with Gasteiger partial charge in [-0.15, -0.1) is 5.10 Å². The zero-order valence-electron chi connectivity index (χ0n) is 11.1. The highest BCUT2D eigenvalue weighted by molar-refractivity contribution is 9.10. The van der Waals surface area contributed by atoms with Gasteiger partial charge in [0.2, 0.25) is 0 Å². The molecule has 0 aliphatic carbocycles. The Labute approximate surface area is 125 Å². The van der Waals surface area contributed by atoms with E-state index in [9.17, 15) is 4.79 Å². The number of carbonyl (C=O) groups is 1. The van der Waals surface area contributed by atoms with Crippen molar-refractivity contribution in [3.8, 4) is 0 Å². The Hall–Kier alpha value is -1.73. The zero-order valence-corrected chi connectivity index (χ0v) is 12.7. The van der Waals surface area contributed by atoms with E-state index >= 15 is 0 Å². The van der Waals surface area contributed by atoms with Gasteiger partial charge in [0.25, 0.3) is 5.91 Å². The number of nitrogens with zero attached hydrogens (tertiary/aromatic N) is 3. The second kappa shape index (κ2) is 6.62. The number of nitrogens with two attached hydrogens (primary N) is 1. The van der Waals surface area contributed by atoms with Gasteiger partial charge >= 0.3 is 0 Å². The van der Waals surface area contributed by atoms with Crippen LogP contribution in [0.5, 0.6) is 0 Å². The maximum atomic E-state index is 12.1. The van der Waals surface area contributed by atoms with Crippen LogP contribution in [0.25, 0.3) is 0 Å². The summed E-state index contributed by atoms with van der Waals surface area (Å²) in [6.45, 7) is 2.92. The van der Waals surface area contributed by atoms with Crippen molar-refractivity contribution < 1.29 is 4.79 Å². The third kappa shape index (κ3) is 3.43. The number of hydrogen-bond acceptors (Lipinski definition) is 4. The number of carbonyl (C=O) groups excluding carboxylic acids is 1. The van der Waals surface area contributed by atoms with E-state index < -0.39 is 0 Å². The van der Waals surface area contributed by atoms with Gasteiger partial charge < -0.3 is 11.1 Å². The third-order valence-corrected chi connectivity index (χ3v) is 3.57. The monoisotopic (exact) mass is 337 g/mol. The summed E-state index contributed by atoms with van der Waals surface area (Å²) in [5.41, 5.74) is 6.72. The van der Waals surface area contributed by atoms with Gasteiger partial charge in [0.1, 0.15) is 0 Å². The molecule has 1 aromatic carbocycles. The molecule has 1 unspecified atom stereocenters. The molecule has 6 nitrogen and oxygen atoms in total. The largest absolute Gasteiger partial charge is 0.344 e. The Morgan fingerprint density at radius 1 is 1.50 bits per heavy atom. The molecule has 0 saturated heterocycles. The van der Waals surface area contributed by atoms with Crippen molar-refractivity contribution in [2.75, 3.05) is 6.54 Å². The Kier molecular flexibility index (Phi) is 4.86. The van der Waals surface area contributed by atoms with E-state index in [1.165, 1.54) is 0 Å². The summed E-state index contributed by atoms with van der Waals surface area (Å²) in [6, 6.07) is 7.63. The quantitative estimate of drug-likeness (QED) is 0.865. The van der Waals surface area contributed by atoms with Crippen LogP contribution in [0.1, 0.15) is 29.0 Å². The van der Waals surface area contributed by atoms with Crippen molar-refractivity contribution in [2.45, 2.75) is 19.5 Å². The number of benzene rings is 1. The number of rotatable bonds is 5. The molecule has 20 heavy (non-hydrogen) atoms. The summed E-state index contributed by atoms with van der Waals surface area (Å²) >= 11 is 3.47. The fraction of sp³-hybridized carbons (Fsp3) is 0.308. The molecule has 1 heterocycles. The van der Waals surface area contributed by atoms with Gasteiger partial charge in [-0.1, -0.05) is 39.3 Å². The van der Waals surface area contributed by atoms with Crippen LogP contribution in [0.4, 0.5) is 0 Å². The second-order valence-electron chi connectivity index (χ2n) is 4.37. The molecule has 0 bridgehead atoms. The molecule has 106 valence electrons. The minimum Gasteiger partial charge on any atom is -0.344 e. The second-order valence-corrected chi connectivity index (χ2v) is 5.23. The van der Waals surface area contributed by atoms with Crippen molar-refractivity contribution in [3.63, 3.8) is 0 Å². The molecule has 1 aromatic heterocycles. The normalized spacial score (nSPS) is 12.2. The van der Waals surface area contributed by atoms with Gasteiger partial charge in [-0.3, -0.25) is 9.48 Å². The molecule has 1 atom stereocenters. The fourth-order valence-electron chi connectivity index (χ4n) is 1.82. The zero-order chi connectivity index (χ0) is 14.5. The topological polar surface area (TPSA) is 85.8 Å². The van der Waals surface area contributed by atoms with E-state index in [-0.39, 0.29) is 17.6 Å². The molecule has 0 spiro atoms. The van der Waals surface area contributed by atoms with E-state index in [4.69, 9.17) is 5.73 Å². The molecule has 2 aromatic rings. The maximum Gasteiger partial charge on any atom is 0.273 e. The molecular formula is C13H16BrN5O. The highest BCUT2D eigenvalue weighted by Crippen LogP contribution is 2.22. The summed E-state index contributed by atoms with van der Waals surface area (Å²) in [5, 5.41) is 10.6. The Bertz CT molecular complexity index is 598. The Morgan fingerprint density at radius 3 is 2.95 bits per heavy atom. The number of aromatic nitrogens is 3. The van der Waals surface area contributed by atoms with Crippen LogP contribution in [-0.2, 0) is 6.54 Å². The SMILES string of the molecule is CC(NC(=O)c1cn(CCN)nn1)c1ccccc1Br. The average Bonchev–Trinajstić information content (AvgIpc) is 2.88. The van der Waals surface area contributed by atoms with Gasteiger partial charge in [0.05, 0.1) is 18.8 Å². The van der Waals surface area contributed by atoms with E-state index in [0.717, 1.165) is 10.0 Å². The smallest absolute Gasteiger partial charge is 0.273 e. The first-order chi connectivity index (χ1) is 9.61. The summed E-state index contributed by atoms with van der Waals surface area (Å²) in [7, 11) is 0. The van der Waals surface area contributed by atoms with Crippen LogP contribution < -0.4 is 11.1 Å². The molecule has 7 heteroatoms. The van der Waals surface area contributed by atoms with Crippen molar-refractivity contribution in [2.24, 2.45) is 5.73 Å². The lowest BCUT2D eigenvalue weighted by molar-refractivity contribution is 0.0934. The summed E-state index contributed by atoms with van der Waals surface area (Å²) in [4.78, 5) is 12.1. The van der Waals surface area contributed by atoms with E-state index in [1.807, 2.05) is 31.2 Å². The highest BCUT2D eigenvalue weighted by atomic mass is 79.9. The number of nitrogens with one attached hydrogen (secondary N) is 1. The van der Waals surface area contributed by atoms with Crippen LogP contribution in [-0.4, -0.2) is 27.4 Å². The minimum absolute atomic E-state index is 0.127. The van der Waals surface area contributed by atoms with Gasteiger partial charge in [0, 0.05) is 11.0 Å². The molecule has 0 aliphatic heterocycles. The average molecular weight is 338 g/mol. The van der Waals surface area contributed by atoms with Crippen molar-refractivity contribution in [3.05, 3.63) is 46.2 Å². The van der Waals surface area contributed by atoms with Crippen LogP contribution in [0.15, 0.2) is 34.9 Å². The first-order valence-electron chi connectivity index (χ1n) is 6.27. The Morgan fingerprint density at radius 2 is 2.25 bits per heavy atom. The van der Waals surface area contributed by atoms with E-state index in [0.29, 0.717) is 13.1 Å². The summed E-state index contributed by atoms with van der Waals surface area (Å²) in [5.74, 6) is -0.253. The van der Waals surface area contributed by atoms with Crippen LogP contribution in [0, 0.1) is 0 Å². The van der Waals surface area contributed by atoms with E-state index in [2.05, 4.69) is 31.6 Å². The standard InChI is InChI=1S/C13H16BrN5O/c1-9(10-4-2-3-5-11(10)14)16-13(20)12-8-19(7-6-15)18-17-12/h2-5,8-9H,6-7,15H2,1H3,(H,16,20). The lowest BCUT2D eigenvalue weighted by Crippen LogP contribution is -2.27. The van der Waals surface area contributed by atoms with Gasteiger partial charge in [0.15, 0.2) is 5.69 Å². The third-order valence-electron chi connectivity index (χ3n) is 2.85. The van der Waals surface area contributed by atoms with Crippen molar-refractivity contribution in [1.82, 2.24) is 20.3 Å². The minimum atomic E-state index is -0.253.